The van der Waals surface area contributed by atoms with Crippen LogP contribution in [0.4, 0.5) is 4.39 Å². The quantitative estimate of drug-likeness (QED) is 0.896. The van der Waals surface area contributed by atoms with E-state index in [1.807, 2.05) is 6.92 Å². The summed E-state index contributed by atoms with van der Waals surface area (Å²) in [6, 6.07) is 5.61. The molecule has 5 nitrogen and oxygen atoms in total. The molecule has 3 rings (SSSR count). The molecular weight excluding hydrogens is 317 g/mol. The molecule has 1 fully saturated rings. The third-order valence-corrected chi connectivity index (χ3v) is 5.08. The molecular formula is C16H18FN3O2S. The molecule has 0 bridgehead atoms. The van der Waals surface area contributed by atoms with Crippen molar-refractivity contribution in [3.05, 3.63) is 40.8 Å². The van der Waals surface area contributed by atoms with Crippen LogP contribution in [0.5, 0.6) is 0 Å². The number of carbonyl (C=O) groups excluding carboxylic acids is 1. The summed E-state index contributed by atoms with van der Waals surface area (Å²) in [5.74, 6) is -0.561. The van der Waals surface area contributed by atoms with E-state index in [-0.39, 0.29) is 24.3 Å². The van der Waals surface area contributed by atoms with Crippen LogP contribution in [0.2, 0.25) is 0 Å². The molecule has 3 N–H and O–H groups in total. The number of hydrogen-bond donors (Lipinski definition) is 2. The molecule has 1 saturated heterocycles. The van der Waals surface area contributed by atoms with Gasteiger partial charge >= 0.3 is 0 Å². The van der Waals surface area contributed by atoms with Crippen molar-refractivity contribution in [2.75, 3.05) is 13.1 Å². The van der Waals surface area contributed by atoms with Gasteiger partial charge in [0.1, 0.15) is 11.5 Å². The number of rotatable bonds is 3. The molecule has 2 atom stereocenters. The van der Waals surface area contributed by atoms with Crippen LogP contribution in [0.15, 0.2) is 24.3 Å². The minimum atomic E-state index is -0.599. The maximum absolute atomic E-state index is 13.1. The van der Waals surface area contributed by atoms with Crippen LogP contribution >= 0.6 is 11.3 Å². The summed E-state index contributed by atoms with van der Waals surface area (Å²) in [6.07, 6.45) is -0.0826. The minimum Gasteiger partial charge on any atom is -0.391 e. The normalized spacial score (nSPS) is 21.0. The highest BCUT2D eigenvalue weighted by Crippen LogP contribution is 2.32. The predicted octanol–water partition coefficient (Wildman–Crippen LogP) is 1.79. The Bertz CT molecular complexity index is 717. The summed E-state index contributed by atoms with van der Waals surface area (Å²) in [7, 11) is 0. The van der Waals surface area contributed by atoms with E-state index in [0.29, 0.717) is 23.5 Å². The van der Waals surface area contributed by atoms with Gasteiger partial charge in [-0.3, -0.25) is 4.79 Å². The van der Waals surface area contributed by atoms with Gasteiger partial charge in [0.25, 0.3) is 5.91 Å². The average molecular weight is 335 g/mol. The van der Waals surface area contributed by atoms with Gasteiger partial charge in [-0.15, -0.1) is 11.3 Å². The molecule has 0 aliphatic carbocycles. The molecule has 0 spiro atoms. The molecule has 1 amide bonds. The second-order valence-electron chi connectivity index (χ2n) is 5.58. The first-order valence-corrected chi connectivity index (χ1v) is 8.25. The number of benzene rings is 1. The van der Waals surface area contributed by atoms with Crippen LogP contribution in [-0.4, -0.2) is 46.1 Å². The van der Waals surface area contributed by atoms with Crippen molar-refractivity contribution in [2.45, 2.75) is 25.5 Å². The zero-order valence-electron chi connectivity index (χ0n) is 12.7. The zero-order chi connectivity index (χ0) is 16.6. The van der Waals surface area contributed by atoms with Gasteiger partial charge in [-0.1, -0.05) is 12.1 Å². The summed E-state index contributed by atoms with van der Waals surface area (Å²) >= 11 is 1.40. The standard InChI is InChI=1S/C16H18FN3O2S/c1-9-19-14(15(23-9)10-2-4-11(17)5-3-10)16(22)20-7-6-13(21)12(20)8-18/h2-5,12-13,21H,6-8,18H2,1H3/t12-,13+/m1/s1. The number of aryl methyl sites for hydroxylation is 1. The molecule has 0 radical (unpaired) electrons. The van der Waals surface area contributed by atoms with E-state index in [1.54, 1.807) is 17.0 Å². The first kappa shape index (κ1) is 16.0. The molecule has 122 valence electrons. The molecule has 23 heavy (non-hydrogen) atoms. The van der Waals surface area contributed by atoms with E-state index in [9.17, 15) is 14.3 Å². The summed E-state index contributed by atoms with van der Waals surface area (Å²) in [5.41, 5.74) is 6.78. The van der Waals surface area contributed by atoms with Gasteiger partial charge in [-0.05, 0) is 31.0 Å². The number of aliphatic hydroxyl groups is 1. The Kier molecular flexibility index (Phi) is 4.43. The number of aromatic nitrogens is 1. The highest BCUT2D eigenvalue weighted by molar-refractivity contribution is 7.15. The van der Waals surface area contributed by atoms with Crippen molar-refractivity contribution in [2.24, 2.45) is 5.73 Å². The van der Waals surface area contributed by atoms with Crippen LogP contribution in [0.3, 0.4) is 0 Å². The van der Waals surface area contributed by atoms with Crippen molar-refractivity contribution in [3.63, 3.8) is 0 Å². The number of nitrogens with zero attached hydrogens (tertiary/aromatic N) is 2. The first-order valence-electron chi connectivity index (χ1n) is 7.43. The highest BCUT2D eigenvalue weighted by atomic mass is 32.1. The Labute approximate surface area is 137 Å². The van der Waals surface area contributed by atoms with Crippen LogP contribution in [0.1, 0.15) is 21.9 Å². The summed E-state index contributed by atoms with van der Waals surface area (Å²) in [6.45, 7) is 2.50. The van der Waals surface area contributed by atoms with E-state index in [2.05, 4.69) is 4.98 Å². The zero-order valence-corrected chi connectivity index (χ0v) is 13.5. The fraction of sp³-hybridized carbons (Fsp3) is 0.375. The lowest BCUT2D eigenvalue weighted by Crippen LogP contribution is -2.44. The molecule has 2 heterocycles. The highest BCUT2D eigenvalue weighted by Gasteiger charge is 2.37. The molecule has 2 aromatic rings. The van der Waals surface area contributed by atoms with Crippen molar-refractivity contribution >= 4 is 17.2 Å². The van der Waals surface area contributed by atoms with Crippen LogP contribution in [-0.2, 0) is 0 Å². The Balaban J connectivity index is 1.97. The molecule has 7 heteroatoms. The molecule has 1 aliphatic heterocycles. The predicted molar refractivity (Wildman–Crippen MR) is 86.7 cm³/mol. The summed E-state index contributed by atoms with van der Waals surface area (Å²) in [4.78, 5) is 19.5. The SMILES string of the molecule is Cc1nc(C(=O)N2CC[C@H](O)[C@H]2CN)c(-c2ccc(F)cc2)s1. The molecule has 1 aromatic heterocycles. The largest absolute Gasteiger partial charge is 0.391 e. The molecule has 0 unspecified atom stereocenters. The third-order valence-electron chi connectivity index (χ3n) is 4.06. The number of nitrogens with two attached hydrogens (primary N) is 1. The van der Waals surface area contributed by atoms with Gasteiger partial charge in [0.05, 0.1) is 22.0 Å². The summed E-state index contributed by atoms with van der Waals surface area (Å²) in [5, 5.41) is 10.7. The number of thiazole rings is 1. The number of amides is 1. The Morgan fingerprint density at radius 2 is 2.17 bits per heavy atom. The number of hydrogen-bond acceptors (Lipinski definition) is 5. The number of carbonyl (C=O) groups is 1. The molecule has 1 aliphatic rings. The fourth-order valence-corrected chi connectivity index (χ4v) is 3.79. The number of halogens is 1. The van der Waals surface area contributed by atoms with Crippen LogP contribution < -0.4 is 5.73 Å². The summed E-state index contributed by atoms with van der Waals surface area (Å²) < 4.78 is 13.1. The van der Waals surface area contributed by atoms with Crippen LogP contribution in [0.25, 0.3) is 10.4 Å². The van der Waals surface area contributed by atoms with Gasteiger partial charge in [0.15, 0.2) is 0 Å². The maximum atomic E-state index is 13.1. The van der Waals surface area contributed by atoms with Gasteiger partial charge in [-0.25, -0.2) is 9.37 Å². The second-order valence-corrected chi connectivity index (χ2v) is 6.78. The first-order chi connectivity index (χ1) is 11.0. The smallest absolute Gasteiger partial charge is 0.274 e. The van der Waals surface area contributed by atoms with Crippen molar-refractivity contribution in [1.82, 2.24) is 9.88 Å². The van der Waals surface area contributed by atoms with Crippen molar-refractivity contribution in [3.8, 4) is 10.4 Å². The van der Waals surface area contributed by atoms with E-state index in [1.165, 1.54) is 23.5 Å². The van der Waals surface area contributed by atoms with Gasteiger partial charge in [-0.2, -0.15) is 0 Å². The lowest BCUT2D eigenvalue weighted by atomic mass is 10.1. The topological polar surface area (TPSA) is 79.5 Å². The molecule has 1 aromatic carbocycles. The van der Waals surface area contributed by atoms with Crippen molar-refractivity contribution in [1.29, 1.82) is 0 Å². The Morgan fingerprint density at radius 3 is 2.83 bits per heavy atom. The fourth-order valence-electron chi connectivity index (χ4n) is 2.88. The van der Waals surface area contributed by atoms with E-state index in [4.69, 9.17) is 5.73 Å². The minimum absolute atomic E-state index is 0.210. The van der Waals surface area contributed by atoms with Crippen molar-refractivity contribution < 1.29 is 14.3 Å². The lowest BCUT2D eigenvalue weighted by Gasteiger charge is -2.24. The van der Waals surface area contributed by atoms with E-state index in [0.717, 1.165) is 10.6 Å². The lowest BCUT2D eigenvalue weighted by molar-refractivity contribution is 0.0648. The second kappa shape index (κ2) is 6.35. The van der Waals surface area contributed by atoms with Gasteiger partial charge in [0, 0.05) is 13.1 Å². The number of aliphatic hydroxyl groups excluding tert-OH is 1. The van der Waals surface area contributed by atoms with Gasteiger partial charge < -0.3 is 15.7 Å². The monoisotopic (exact) mass is 335 g/mol. The third kappa shape index (κ3) is 2.99. The van der Waals surface area contributed by atoms with E-state index >= 15 is 0 Å². The Morgan fingerprint density at radius 1 is 1.48 bits per heavy atom. The maximum Gasteiger partial charge on any atom is 0.274 e. The van der Waals surface area contributed by atoms with Crippen LogP contribution in [0, 0.1) is 12.7 Å². The Hall–Kier alpha value is -1.83. The molecule has 0 saturated carbocycles. The van der Waals surface area contributed by atoms with Gasteiger partial charge in [0.2, 0.25) is 0 Å². The number of likely N-dealkylation sites (tertiary alicyclic amines) is 1. The van der Waals surface area contributed by atoms with E-state index < -0.39 is 6.10 Å². The average Bonchev–Trinajstić information content (AvgIpc) is 3.10.